The van der Waals surface area contributed by atoms with E-state index in [4.69, 9.17) is 4.74 Å². The second-order valence-electron chi connectivity index (χ2n) is 2.65. The largest absolute Gasteiger partial charge is 0.384 e. The second kappa shape index (κ2) is 5.96. The molecule has 0 aromatic carbocycles. The van der Waals surface area contributed by atoms with Crippen molar-refractivity contribution < 1.29 is 4.74 Å². The maximum absolute atomic E-state index is 5.05. The van der Waals surface area contributed by atoms with E-state index < -0.39 is 0 Å². The number of rotatable bonds is 2. The van der Waals surface area contributed by atoms with E-state index in [-0.39, 0.29) is 12.4 Å². The summed E-state index contributed by atoms with van der Waals surface area (Å²) in [6, 6.07) is 0. The molecule has 10 heavy (non-hydrogen) atoms. The van der Waals surface area contributed by atoms with Gasteiger partial charge in [-0.2, -0.15) is 0 Å². The third kappa shape index (κ3) is 3.40. The third-order valence-electron chi connectivity index (χ3n) is 1.86. The van der Waals surface area contributed by atoms with Crippen LogP contribution in [0.15, 0.2) is 0 Å². The number of nitrogens with one attached hydrogen (secondary N) is 1. The van der Waals surface area contributed by atoms with Gasteiger partial charge < -0.3 is 10.1 Å². The highest BCUT2D eigenvalue weighted by molar-refractivity contribution is 5.85. The zero-order valence-corrected chi connectivity index (χ0v) is 7.25. The van der Waals surface area contributed by atoms with Crippen molar-refractivity contribution in [2.75, 3.05) is 26.8 Å². The fourth-order valence-corrected chi connectivity index (χ4v) is 1.28. The zero-order chi connectivity index (χ0) is 6.53. The first-order valence-electron chi connectivity index (χ1n) is 3.63. The van der Waals surface area contributed by atoms with Gasteiger partial charge in [0.05, 0.1) is 0 Å². The zero-order valence-electron chi connectivity index (χ0n) is 6.43. The number of halogens is 1. The minimum Gasteiger partial charge on any atom is -0.384 e. The number of hydrogen-bond acceptors (Lipinski definition) is 2. The number of piperidine rings is 1. The van der Waals surface area contributed by atoms with E-state index in [0.717, 1.165) is 12.5 Å². The summed E-state index contributed by atoms with van der Waals surface area (Å²) < 4.78 is 5.05. The lowest BCUT2D eigenvalue weighted by molar-refractivity contribution is 0.135. The predicted octanol–water partition coefficient (Wildman–Crippen LogP) is 1.05. The van der Waals surface area contributed by atoms with Crippen molar-refractivity contribution in [1.29, 1.82) is 0 Å². The molecule has 0 aliphatic carbocycles. The fourth-order valence-electron chi connectivity index (χ4n) is 1.28. The van der Waals surface area contributed by atoms with Gasteiger partial charge in [-0.3, -0.25) is 0 Å². The van der Waals surface area contributed by atoms with Crippen LogP contribution in [0, 0.1) is 5.92 Å². The van der Waals surface area contributed by atoms with Crippen LogP contribution in [0.5, 0.6) is 0 Å². The van der Waals surface area contributed by atoms with Gasteiger partial charge in [0, 0.05) is 13.7 Å². The quantitative estimate of drug-likeness (QED) is 0.661. The van der Waals surface area contributed by atoms with Gasteiger partial charge in [0.25, 0.3) is 0 Å². The lowest BCUT2D eigenvalue weighted by Crippen LogP contribution is -2.29. The molecule has 3 heteroatoms. The Morgan fingerprint density at radius 1 is 1.40 bits per heavy atom. The molecule has 0 unspecified atom stereocenters. The maximum Gasteiger partial charge on any atom is 0.0491 e. The van der Waals surface area contributed by atoms with Crippen molar-refractivity contribution in [2.24, 2.45) is 5.92 Å². The fraction of sp³-hybridized carbons (Fsp3) is 1.00. The van der Waals surface area contributed by atoms with Gasteiger partial charge in [-0.15, -0.1) is 12.4 Å². The molecule has 1 aliphatic rings. The van der Waals surface area contributed by atoms with E-state index in [1.807, 2.05) is 0 Å². The van der Waals surface area contributed by atoms with Gasteiger partial charge in [0.15, 0.2) is 0 Å². The molecule has 0 radical (unpaired) electrons. The summed E-state index contributed by atoms with van der Waals surface area (Å²) in [5, 5.41) is 3.32. The minimum absolute atomic E-state index is 0. The number of methoxy groups -OCH3 is 1. The summed E-state index contributed by atoms with van der Waals surface area (Å²) >= 11 is 0. The first-order chi connectivity index (χ1) is 4.43. The van der Waals surface area contributed by atoms with Crippen LogP contribution in [0.1, 0.15) is 12.8 Å². The number of ether oxygens (including phenoxy) is 1. The van der Waals surface area contributed by atoms with Crippen LogP contribution in [0.2, 0.25) is 0 Å². The molecule has 1 saturated heterocycles. The average molecular weight is 166 g/mol. The third-order valence-corrected chi connectivity index (χ3v) is 1.86. The minimum atomic E-state index is 0. The van der Waals surface area contributed by atoms with Crippen LogP contribution in [-0.2, 0) is 4.74 Å². The molecule has 0 aromatic rings. The van der Waals surface area contributed by atoms with Gasteiger partial charge in [-0.1, -0.05) is 0 Å². The second-order valence-corrected chi connectivity index (χ2v) is 2.65. The standard InChI is InChI=1S/C7H15NO.ClH/c1-9-6-7-2-4-8-5-3-7;/h7-8H,2-6H2,1H3;1H. The lowest BCUT2D eigenvalue weighted by atomic mass is 10.00. The van der Waals surface area contributed by atoms with Gasteiger partial charge in [-0.05, 0) is 31.8 Å². The van der Waals surface area contributed by atoms with Crippen LogP contribution in [0.25, 0.3) is 0 Å². The highest BCUT2D eigenvalue weighted by atomic mass is 35.5. The van der Waals surface area contributed by atoms with Crippen LogP contribution in [0.3, 0.4) is 0 Å². The highest BCUT2D eigenvalue weighted by Crippen LogP contribution is 2.10. The molecule has 0 amide bonds. The molecule has 2 nitrogen and oxygen atoms in total. The highest BCUT2D eigenvalue weighted by Gasteiger charge is 2.11. The molecule has 0 bridgehead atoms. The first-order valence-corrected chi connectivity index (χ1v) is 3.63. The van der Waals surface area contributed by atoms with E-state index >= 15 is 0 Å². The first kappa shape index (κ1) is 10.2. The van der Waals surface area contributed by atoms with E-state index in [2.05, 4.69) is 5.32 Å². The summed E-state index contributed by atoms with van der Waals surface area (Å²) in [7, 11) is 1.78. The monoisotopic (exact) mass is 165 g/mol. The maximum atomic E-state index is 5.05. The van der Waals surface area contributed by atoms with Crippen molar-refractivity contribution in [3.63, 3.8) is 0 Å². The Morgan fingerprint density at radius 2 is 2.00 bits per heavy atom. The predicted molar refractivity (Wildman–Crippen MR) is 44.7 cm³/mol. The SMILES string of the molecule is COCC1CCNCC1.Cl. The Labute approximate surface area is 68.7 Å². The van der Waals surface area contributed by atoms with Crippen LogP contribution >= 0.6 is 12.4 Å². The van der Waals surface area contributed by atoms with E-state index in [1.54, 1.807) is 7.11 Å². The average Bonchev–Trinajstić information content (AvgIpc) is 1.91. The van der Waals surface area contributed by atoms with Gasteiger partial charge in [0.2, 0.25) is 0 Å². The van der Waals surface area contributed by atoms with Gasteiger partial charge in [-0.25, -0.2) is 0 Å². The molecule has 1 N–H and O–H groups in total. The van der Waals surface area contributed by atoms with E-state index in [0.29, 0.717) is 0 Å². The van der Waals surface area contributed by atoms with Crippen LogP contribution < -0.4 is 5.32 Å². The summed E-state index contributed by atoms with van der Waals surface area (Å²) in [6.07, 6.45) is 2.57. The Bertz CT molecular complexity index is 71.3. The summed E-state index contributed by atoms with van der Waals surface area (Å²) in [6.45, 7) is 3.30. The molecule has 0 spiro atoms. The topological polar surface area (TPSA) is 21.3 Å². The number of hydrogen-bond donors (Lipinski definition) is 1. The Morgan fingerprint density at radius 3 is 2.50 bits per heavy atom. The smallest absolute Gasteiger partial charge is 0.0491 e. The lowest BCUT2D eigenvalue weighted by Gasteiger charge is -2.21. The normalized spacial score (nSPS) is 20.1. The molecule has 62 valence electrons. The van der Waals surface area contributed by atoms with Crippen molar-refractivity contribution in [2.45, 2.75) is 12.8 Å². The van der Waals surface area contributed by atoms with Crippen molar-refractivity contribution in [1.82, 2.24) is 5.32 Å². The molecular weight excluding hydrogens is 150 g/mol. The molecule has 1 heterocycles. The van der Waals surface area contributed by atoms with Crippen molar-refractivity contribution in [3.8, 4) is 0 Å². The Balaban J connectivity index is 0.000000810. The van der Waals surface area contributed by atoms with E-state index in [9.17, 15) is 0 Å². The van der Waals surface area contributed by atoms with Crippen molar-refractivity contribution in [3.05, 3.63) is 0 Å². The van der Waals surface area contributed by atoms with Gasteiger partial charge >= 0.3 is 0 Å². The molecule has 0 atom stereocenters. The Hall–Kier alpha value is 0.210. The Kier molecular flexibility index (Phi) is 6.08. The van der Waals surface area contributed by atoms with Crippen molar-refractivity contribution >= 4 is 12.4 Å². The van der Waals surface area contributed by atoms with E-state index in [1.165, 1.54) is 25.9 Å². The summed E-state index contributed by atoms with van der Waals surface area (Å²) in [5.41, 5.74) is 0. The molecular formula is C7H16ClNO. The molecule has 1 aliphatic heterocycles. The van der Waals surface area contributed by atoms with Crippen LogP contribution in [-0.4, -0.2) is 26.8 Å². The molecule has 0 saturated carbocycles. The van der Waals surface area contributed by atoms with Gasteiger partial charge in [0.1, 0.15) is 0 Å². The van der Waals surface area contributed by atoms with Crippen LogP contribution in [0.4, 0.5) is 0 Å². The summed E-state index contributed by atoms with van der Waals surface area (Å²) in [5.74, 6) is 0.816. The molecule has 1 rings (SSSR count). The molecule has 1 fully saturated rings. The summed E-state index contributed by atoms with van der Waals surface area (Å²) in [4.78, 5) is 0. The molecule has 0 aromatic heterocycles.